The van der Waals surface area contributed by atoms with Crippen LogP contribution in [0.25, 0.3) is 16.9 Å². The van der Waals surface area contributed by atoms with Crippen LogP contribution in [0.4, 0.5) is 10.1 Å². The molecular formula is C16H15FN6O2. The van der Waals surface area contributed by atoms with Gasteiger partial charge in [-0.05, 0) is 18.9 Å². The highest BCUT2D eigenvalue weighted by atomic mass is 19.1. The summed E-state index contributed by atoms with van der Waals surface area (Å²) in [6, 6.07) is 1.74. The van der Waals surface area contributed by atoms with E-state index in [1.807, 2.05) is 4.90 Å². The summed E-state index contributed by atoms with van der Waals surface area (Å²) in [5.41, 5.74) is 0.682. The number of nitrogens with one attached hydrogen (secondary N) is 2. The number of H-pyrrole nitrogens is 2. The number of hydrogen-bond donors (Lipinski definition) is 2. The van der Waals surface area contributed by atoms with E-state index in [-0.39, 0.29) is 11.0 Å². The molecule has 8 nitrogen and oxygen atoms in total. The smallest absolute Gasteiger partial charge is 0.325 e. The van der Waals surface area contributed by atoms with Crippen molar-refractivity contribution >= 4 is 11.3 Å². The second-order valence-electron chi connectivity index (χ2n) is 6.81. The minimum absolute atomic E-state index is 0.220. The van der Waals surface area contributed by atoms with Crippen molar-refractivity contribution in [2.45, 2.75) is 19.0 Å². The van der Waals surface area contributed by atoms with Crippen LogP contribution >= 0.6 is 0 Å². The fourth-order valence-corrected chi connectivity index (χ4v) is 3.61. The van der Waals surface area contributed by atoms with E-state index in [0.29, 0.717) is 24.4 Å². The zero-order chi connectivity index (χ0) is 17.2. The normalized spacial score (nSPS) is 21.3. The molecule has 4 heterocycles. The molecule has 1 spiro atoms. The van der Waals surface area contributed by atoms with Gasteiger partial charge in [0.2, 0.25) is 0 Å². The van der Waals surface area contributed by atoms with Crippen molar-refractivity contribution in [2.75, 3.05) is 18.0 Å². The third kappa shape index (κ3) is 2.11. The molecule has 1 saturated carbocycles. The Balaban J connectivity index is 1.67. The first-order chi connectivity index (χ1) is 12.1. The molecule has 1 atom stereocenters. The van der Waals surface area contributed by atoms with Gasteiger partial charge < -0.3 is 9.88 Å². The van der Waals surface area contributed by atoms with E-state index in [9.17, 15) is 14.0 Å². The average molecular weight is 342 g/mol. The highest BCUT2D eigenvalue weighted by Gasteiger charge is 2.56. The zero-order valence-corrected chi connectivity index (χ0v) is 13.2. The molecule has 2 N–H and O–H groups in total. The number of nitrogens with zero attached hydrogens (tertiary/aromatic N) is 4. The fraction of sp³-hybridized carbons (Fsp3) is 0.375. The lowest BCUT2D eigenvalue weighted by atomic mass is 10.1. The van der Waals surface area contributed by atoms with Crippen LogP contribution in [-0.2, 0) is 0 Å². The molecule has 5 rings (SSSR count). The minimum atomic E-state index is -0.851. The minimum Gasteiger partial charge on any atom is -0.365 e. The molecule has 2 aliphatic rings. The Bertz CT molecular complexity index is 1100. The largest absolute Gasteiger partial charge is 0.365 e. The van der Waals surface area contributed by atoms with Crippen LogP contribution in [0.2, 0.25) is 0 Å². The first-order valence-electron chi connectivity index (χ1n) is 8.12. The number of aromatic nitrogens is 5. The van der Waals surface area contributed by atoms with Gasteiger partial charge in [-0.3, -0.25) is 9.78 Å². The van der Waals surface area contributed by atoms with Gasteiger partial charge in [-0.25, -0.2) is 18.7 Å². The van der Waals surface area contributed by atoms with Crippen LogP contribution in [-0.4, -0.2) is 43.8 Å². The van der Waals surface area contributed by atoms with Gasteiger partial charge in [0.15, 0.2) is 5.65 Å². The number of fused-ring (bicyclic) bond motifs is 1. The van der Waals surface area contributed by atoms with Gasteiger partial charge in [-0.1, -0.05) is 0 Å². The summed E-state index contributed by atoms with van der Waals surface area (Å²) in [7, 11) is 0. The first-order valence-corrected chi connectivity index (χ1v) is 8.12. The molecule has 3 aromatic heterocycles. The number of anilines is 1. The molecule has 1 aliphatic carbocycles. The zero-order valence-electron chi connectivity index (χ0n) is 13.2. The van der Waals surface area contributed by atoms with Gasteiger partial charge in [0.1, 0.15) is 11.9 Å². The van der Waals surface area contributed by atoms with Crippen molar-refractivity contribution < 1.29 is 4.39 Å². The summed E-state index contributed by atoms with van der Waals surface area (Å²) in [4.78, 5) is 34.3. The number of halogens is 1. The summed E-state index contributed by atoms with van der Waals surface area (Å²) in [6.07, 6.45) is 5.59. The lowest BCUT2D eigenvalue weighted by Crippen LogP contribution is -2.24. The van der Waals surface area contributed by atoms with Crippen molar-refractivity contribution in [3.8, 4) is 11.3 Å². The predicted octanol–water partition coefficient (Wildman–Crippen LogP) is 0.711. The topological polar surface area (TPSA) is 99.2 Å². The lowest BCUT2D eigenvalue weighted by Gasteiger charge is -2.19. The quantitative estimate of drug-likeness (QED) is 0.715. The van der Waals surface area contributed by atoms with E-state index in [4.69, 9.17) is 0 Å². The fourth-order valence-electron chi connectivity index (χ4n) is 3.61. The average Bonchev–Trinajstić information content (AvgIpc) is 3.07. The van der Waals surface area contributed by atoms with Crippen molar-refractivity contribution in [2.24, 2.45) is 5.41 Å². The third-order valence-corrected chi connectivity index (χ3v) is 5.22. The number of hydrogen-bond acceptors (Lipinski definition) is 5. The van der Waals surface area contributed by atoms with Crippen molar-refractivity contribution in [3.63, 3.8) is 0 Å². The van der Waals surface area contributed by atoms with Crippen LogP contribution in [0.1, 0.15) is 12.8 Å². The highest BCUT2D eigenvalue weighted by molar-refractivity contribution is 5.74. The maximum Gasteiger partial charge on any atom is 0.325 e. The lowest BCUT2D eigenvalue weighted by molar-refractivity contribution is 0.267. The Hall–Kier alpha value is -2.97. The van der Waals surface area contributed by atoms with Gasteiger partial charge in [0.25, 0.3) is 5.56 Å². The van der Waals surface area contributed by atoms with Crippen LogP contribution in [0, 0.1) is 5.41 Å². The second-order valence-corrected chi connectivity index (χ2v) is 6.81. The summed E-state index contributed by atoms with van der Waals surface area (Å²) < 4.78 is 15.9. The molecular weight excluding hydrogens is 327 g/mol. The van der Waals surface area contributed by atoms with Crippen molar-refractivity contribution in [1.82, 2.24) is 24.6 Å². The summed E-state index contributed by atoms with van der Waals surface area (Å²) in [5, 5.41) is 4.39. The Morgan fingerprint density at radius 1 is 1.32 bits per heavy atom. The van der Waals surface area contributed by atoms with Crippen LogP contribution in [0.15, 0.2) is 34.2 Å². The number of aromatic amines is 2. The number of imidazole rings is 1. The SMILES string of the molecule is O=c1[nH]cc(-c2cc(N3CC(F)C4(CC4)C3)c3nccn3n2)c(=O)[nH]1. The van der Waals surface area contributed by atoms with Crippen LogP contribution < -0.4 is 16.1 Å². The van der Waals surface area contributed by atoms with E-state index in [1.54, 1.807) is 23.0 Å². The molecule has 2 fully saturated rings. The Morgan fingerprint density at radius 2 is 2.16 bits per heavy atom. The van der Waals surface area contributed by atoms with E-state index in [2.05, 4.69) is 20.1 Å². The Kier molecular flexibility index (Phi) is 2.75. The van der Waals surface area contributed by atoms with E-state index >= 15 is 0 Å². The molecule has 3 aromatic rings. The molecule has 0 bridgehead atoms. The molecule has 1 saturated heterocycles. The van der Waals surface area contributed by atoms with Gasteiger partial charge in [-0.15, -0.1) is 0 Å². The molecule has 0 aromatic carbocycles. The van der Waals surface area contributed by atoms with Gasteiger partial charge in [0, 0.05) is 37.1 Å². The van der Waals surface area contributed by atoms with E-state index in [0.717, 1.165) is 18.5 Å². The summed E-state index contributed by atoms with van der Waals surface area (Å²) in [5.74, 6) is 0. The van der Waals surface area contributed by atoms with Crippen molar-refractivity contribution in [1.29, 1.82) is 0 Å². The molecule has 1 unspecified atom stereocenters. The monoisotopic (exact) mass is 342 g/mol. The molecule has 1 aliphatic heterocycles. The van der Waals surface area contributed by atoms with E-state index in [1.165, 1.54) is 6.20 Å². The van der Waals surface area contributed by atoms with E-state index < -0.39 is 17.4 Å². The van der Waals surface area contributed by atoms with Crippen LogP contribution in [0.3, 0.4) is 0 Å². The maximum absolute atomic E-state index is 14.4. The molecule has 25 heavy (non-hydrogen) atoms. The first kappa shape index (κ1) is 14.4. The highest BCUT2D eigenvalue weighted by Crippen LogP contribution is 2.55. The summed E-state index contributed by atoms with van der Waals surface area (Å²) >= 11 is 0. The predicted molar refractivity (Wildman–Crippen MR) is 88.4 cm³/mol. The van der Waals surface area contributed by atoms with Crippen LogP contribution in [0.5, 0.6) is 0 Å². The second kappa shape index (κ2) is 4.78. The molecule has 9 heteroatoms. The molecule has 128 valence electrons. The summed E-state index contributed by atoms with van der Waals surface area (Å²) in [6.45, 7) is 0.954. The van der Waals surface area contributed by atoms with Crippen molar-refractivity contribution in [3.05, 3.63) is 45.5 Å². The molecule has 0 radical (unpaired) electrons. The molecule has 0 amide bonds. The Morgan fingerprint density at radius 3 is 2.88 bits per heavy atom. The van der Waals surface area contributed by atoms with Gasteiger partial charge in [-0.2, -0.15) is 5.10 Å². The van der Waals surface area contributed by atoms with Gasteiger partial charge >= 0.3 is 5.69 Å². The van der Waals surface area contributed by atoms with Gasteiger partial charge in [0.05, 0.1) is 11.3 Å². The third-order valence-electron chi connectivity index (χ3n) is 5.22. The Labute approximate surface area is 140 Å². The standard InChI is InChI=1S/C16H15FN6O2/c17-12-7-22(8-16(12)1-2-16)11-5-10(21-23-4-3-18-13(11)23)9-6-19-15(25)20-14(9)24/h3-6,12H,1-2,7-8H2,(H2,19,20,24,25). The number of alkyl halides is 1. The number of rotatable bonds is 2. The maximum atomic E-state index is 14.4.